The molecule has 0 aliphatic rings. The summed E-state index contributed by atoms with van der Waals surface area (Å²) in [5, 5.41) is 0. The molecule has 5 heteroatoms. The third-order valence-electron chi connectivity index (χ3n) is 3.12. The SMILES string of the molecule is Fc1ccc(Br)c(F)c1CC(CCl)c1ccccc1Br. The van der Waals surface area contributed by atoms with Gasteiger partial charge in [-0.3, -0.25) is 0 Å². The molecule has 0 aliphatic heterocycles. The van der Waals surface area contributed by atoms with Crippen LogP contribution in [-0.4, -0.2) is 5.88 Å². The lowest BCUT2D eigenvalue weighted by molar-refractivity contribution is 0.540. The van der Waals surface area contributed by atoms with Crippen LogP contribution in [-0.2, 0) is 6.42 Å². The summed E-state index contributed by atoms with van der Waals surface area (Å²) in [5.74, 6) is -0.987. The van der Waals surface area contributed by atoms with Crippen LogP contribution in [0.4, 0.5) is 8.78 Å². The van der Waals surface area contributed by atoms with E-state index in [0.717, 1.165) is 10.0 Å². The van der Waals surface area contributed by atoms with Crippen LogP contribution in [0.15, 0.2) is 45.3 Å². The Morgan fingerprint density at radius 3 is 2.35 bits per heavy atom. The maximum Gasteiger partial charge on any atom is 0.143 e. The second-order valence-corrected chi connectivity index (χ2v) is 6.42. The van der Waals surface area contributed by atoms with Gasteiger partial charge in [-0.2, -0.15) is 0 Å². The van der Waals surface area contributed by atoms with Gasteiger partial charge in [0, 0.05) is 21.8 Å². The fourth-order valence-corrected chi connectivity index (χ4v) is 3.31. The van der Waals surface area contributed by atoms with Gasteiger partial charge in [0.1, 0.15) is 11.6 Å². The second kappa shape index (κ2) is 7.01. The van der Waals surface area contributed by atoms with Crippen LogP contribution in [0.5, 0.6) is 0 Å². The van der Waals surface area contributed by atoms with Crippen molar-refractivity contribution in [2.75, 3.05) is 5.88 Å². The molecule has 0 aromatic heterocycles. The number of hydrogen-bond donors (Lipinski definition) is 0. The number of hydrogen-bond acceptors (Lipinski definition) is 0. The first-order chi connectivity index (χ1) is 9.54. The molecule has 0 saturated carbocycles. The zero-order chi connectivity index (χ0) is 14.7. The van der Waals surface area contributed by atoms with Gasteiger partial charge in [0.05, 0.1) is 4.47 Å². The predicted octanol–water partition coefficient (Wildman–Crippen LogP) is 6.05. The Kier molecular flexibility index (Phi) is 5.58. The lowest BCUT2D eigenvalue weighted by atomic mass is 9.93. The standard InChI is InChI=1S/C15H11Br2ClF2/c16-12-4-2-1-3-10(12)9(8-18)7-11-14(19)6-5-13(17)15(11)20/h1-6,9H,7-8H2. The molecule has 0 spiro atoms. The normalized spacial score (nSPS) is 12.4. The Hall–Kier alpha value is -0.450. The summed E-state index contributed by atoms with van der Waals surface area (Å²) in [6.07, 6.45) is 0.212. The van der Waals surface area contributed by atoms with Gasteiger partial charge in [-0.25, -0.2) is 8.78 Å². The van der Waals surface area contributed by atoms with Crippen molar-refractivity contribution in [3.8, 4) is 0 Å². The Balaban J connectivity index is 2.37. The maximum atomic E-state index is 14.0. The van der Waals surface area contributed by atoms with Gasteiger partial charge in [0.25, 0.3) is 0 Å². The van der Waals surface area contributed by atoms with Gasteiger partial charge in [-0.15, -0.1) is 11.6 Å². The average Bonchev–Trinajstić information content (AvgIpc) is 2.45. The highest BCUT2D eigenvalue weighted by molar-refractivity contribution is 9.10. The fourth-order valence-electron chi connectivity index (χ4n) is 2.06. The van der Waals surface area contributed by atoms with Crippen molar-refractivity contribution < 1.29 is 8.78 Å². The van der Waals surface area contributed by atoms with E-state index in [1.54, 1.807) is 0 Å². The molecule has 1 atom stereocenters. The quantitative estimate of drug-likeness (QED) is 0.414. The van der Waals surface area contributed by atoms with Crippen LogP contribution in [0.25, 0.3) is 0 Å². The van der Waals surface area contributed by atoms with Crippen LogP contribution in [0.3, 0.4) is 0 Å². The Bertz CT molecular complexity index is 617. The summed E-state index contributed by atoms with van der Waals surface area (Å²) in [6.45, 7) is 0. The first-order valence-electron chi connectivity index (χ1n) is 5.97. The van der Waals surface area contributed by atoms with Crippen LogP contribution in [0.2, 0.25) is 0 Å². The molecule has 2 aromatic rings. The van der Waals surface area contributed by atoms with Crippen LogP contribution in [0, 0.1) is 11.6 Å². The van der Waals surface area contributed by atoms with Crippen molar-refractivity contribution in [1.29, 1.82) is 0 Å². The topological polar surface area (TPSA) is 0 Å². The molecule has 0 amide bonds. The van der Waals surface area contributed by atoms with Crippen molar-refractivity contribution in [3.63, 3.8) is 0 Å². The Morgan fingerprint density at radius 2 is 1.70 bits per heavy atom. The van der Waals surface area contributed by atoms with E-state index in [4.69, 9.17) is 11.6 Å². The number of rotatable bonds is 4. The van der Waals surface area contributed by atoms with E-state index >= 15 is 0 Å². The van der Waals surface area contributed by atoms with E-state index in [2.05, 4.69) is 31.9 Å². The van der Waals surface area contributed by atoms with Gasteiger partial charge in [0.2, 0.25) is 0 Å². The van der Waals surface area contributed by atoms with Gasteiger partial charge >= 0.3 is 0 Å². The third-order valence-corrected chi connectivity index (χ3v) is 4.83. The summed E-state index contributed by atoms with van der Waals surface area (Å²) in [7, 11) is 0. The molecule has 0 fully saturated rings. The van der Waals surface area contributed by atoms with E-state index in [0.29, 0.717) is 0 Å². The largest absolute Gasteiger partial charge is 0.207 e. The van der Waals surface area contributed by atoms with E-state index in [1.807, 2.05) is 24.3 Å². The van der Waals surface area contributed by atoms with Crippen LogP contribution in [0.1, 0.15) is 17.0 Å². The summed E-state index contributed by atoms with van der Waals surface area (Å²) in [4.78, 5) is 0. The number of benzene rings is 2. The minimum absolute atomic E-state index is 0.0563. The second-order valence-electron chi connectivity index (χ2n) is 4.40. The van der Waals surface area contributed by atoms with Gasteiger partial charge in [0.15, 0.2) is 0 Å². The van der Waals surface area contributed by atoms with Crippen LogP contribution >= 0.6 is 43.5 Å². The van der Waals surface area contributed by atoms with Crippen molar-refractivity contribution >= 4 is 43.5 Å². The van der Waals surface area contributed by atoms with Gasteiger partial charge in [-0.05, 0) is 46.1 Å². The molecule has 0 N–H and O–H groups in total. The molecular formula is C15H11Br2ClF2. The van der Waals surface area contributed by atoms with Crippen molar-refractivity contribution in [2.24, 2.45) is 0 Å². The molecule has 2 rings (SSSR count). The average molecular weight is 425 g/mol. The van der Waals surface area contributed by atoms with E-state index in [-0.39, 0.29) is 28.3 Å². The minimum atomic E-state index is -0.563. The molecule has 0 heterocycles. The van der Waals surface area contributed by atoms with E-state index in [1.165, 1.54) is 12.1 Å². The van der Waals surface area contributed by atoms with Crippen molar-refractivity contribution in [1.82, 2.24) is 0 Å². The molecule has 2 aromatic carbocycles. The zero-order valence-corrected chi connectivity index (χ0v) is 14.3. The predicted molar refractivity (Wildman–Crippen MR) is 85.4 cm³/mol. The summed E-state index contributed by atoms with van der Waals surface area (Å²) in [6, 6.07) is 10.2. The molecule has 0 nitrogen and oxygen atoms in total. The lowest BCUT2D eigenvalue weighted by Gasteiger charge is -2.17. The van der Waals surface area contributed by atoms with Crippen LogP contribution < -0.4 is 0 Å². The minimum Gasteiger partial charge on any atom is -0.207 e. The monoisotopic (exact) mass is 422 g/mol. The molecule has 106 valence electrons. The van der Waals surface area contributed by atoms with Crippen molar-refractivity contribution in [2.45, 2.75) is 12.3 Å². The molecule has 1 unspecified atom stereocenters. The highest BCUT2D eigenvalue weighted by Gasteiger charge is 2.20. The van der Waals surface area contributed by atoms with Gasteiger partial charge < -0.3 is 0 Å². The summed E-state index contributed by atoms with van der Waals surface area (Å²) in [5.41, 5.74) is 1.00. The molecule has 20 heavy (non-hydrogen) atoms. The Morgan fingerprint density at radius 1 is 1.00 bits per heavy atom. The summed E-state index contributed by atoms with van der Waals surface area (Å²) < 4.78 is 29.0. The first-order valence-corrected chi connectivity index (χ1v) is 8.09. The van der Waals surface area contributed by atoms with Crippen molar-refractivity contribution in [3.05, 3.63) is 68.1 Å². The van der Waals surface area contributed by atoms with Gasteiger partial charge in [-0.1, -0.05) is 34.1 Å². The molecular weight excluding hydrogens is 413 g/mol. The third kappa shape index (κ3) is 3.41. The number of alkyl halides is 1. The Labute approximate surface area is 138 Å². The lowest BCUT2D eigenvalue weighted by Crippen LogP contribution is -2.09. The zero-order valence-electron chi connectivity index (χ0n) is 10.3. The molecule has 0 saturated heterocycles. The molecule has 0 aliphatic carbocycles. The van der Waals surface area contributed by atoms with E-state index in [9.17, 15) is 8.78 Å². The highest BCUT2D eigenvalue weighted by atomic mass is 79.9. The molecule has 0 bridgehead atoms. The fraction of sp³-hybridized carbons (Fsp3) is 0.200. The highest BCUT2D eigenvalue weighted by Crippen LogP contribution is 2.31. The number of halogens is 5. The smallest absolute Gasteiger partial charge is 0.143 e. The summed E-state index contributed by atoms with van der Waals surface area (Å²) >= 11 is 12.5. The van der Waals surface area contributed by atoms with E-state index < -0.39 is 11.6 Å². The maximum absolute atomic E-state index is 14.0. The first kappa shape index (κ1) is 15.9. The molecule has 0 radical (unpaired) electrons.